The van der Waals surface area contributed by atoms with Gasteiger partial charge in [-0.05, 0) is 57.1 Å². The van der Waals surface area contributed by atoms with E-state index >= 15 is 0 Å². The number of esters is 1. The van der Waals surface area contributed by atoms with E-state index in [-0.39, 0.29) is 6.04 Å². The van der Waals surface area contributed by atoms with E-state index in [1.807, 2.05) is 6.07 Å². The normalized spacial score (nSPS) is 18.3. The molecule has 1 aromatic rings. The van der Waals surface area contributed by atoms with Crippen molar-refractivity contribution in [3.05, 3.63) is 21.4 Å². The van der Waals surface area contributed by atoms with E-state index in [4.69, 9.17) is 4.74 Å². The minimum absolute atomic E-state index is 0.128. The fraction of sp³-hybridized carbons (Fsp3) is 0.611. The number of carbonyl (C=O) groups is 3. The molecule has 1 aromatic heterocycles. The first-order valence-corrected chi connectivity index (χ1v) is 9.78. The molecule has 25 heavy (non-hydrogen) atoms. The quantitative estimate of drug-likeness (QED) is 0.805. The van der Waals surface area contributed by atoms with E-state index in [0.717, 1.165) is 51.4 Å². The Morgan fingerprint density at radius 3 is 2.60 bits per heavy atom. The number of hydrogen-bond acceptors (Lipinski definition) is 5. The minimum atomic E-state index is -1.01. The summed E-state index contributed by atoms with van der Waals surface area (Å²) in [6.45, 7) is 1.48. The molecule has 1 atom stereocenters. The number of amides is 3. The first-order valence-electron chi connectivity index (χ1n) is 8.97. The van der Waals surface area contributed by atoms with E-state index in [1.165, 1.54) is 28.7 Å². The monoisotopic (exact) mass is 364 g/mol. The van der Waals surface area contributed by atoms with Crippen molar-refractivity contribution in [2.45, 2.75) is 70.4 Å². The fourth-order valence-electron chi connectivity index (χ4n) is 3.37. The second-order valence-corrected chi connectivity index (χ2v) is 7.89. The largest absolute Gasteiger partial charge is 0.448 e. The Hall–Kier alpha value is -1.89. The number of thiophene rings is 1. The molecule has 7 heteroatoms. The number of nitrogens with one attached hydrogen (secondary N) is 2. The van der Waals surface area contributed by atoms with E-state index < -0.39 is 24.0 Å². The SMILES string of the molecule is C[C@@H](OC(=O)c1cc2c(s1)CCCC2)C(=O)NC(=O)NC1CCCC1. The summed E-state index contributed by atoms with van der Waals surface area (Å²) in [6.07, 6.45) is 7.35. The van der Waals surface area contributed by atoms with Crippen LogP contribution in [0.25, 0.3) is 0 Å². The number of urea groups is 1. The van der Waals surface area contributed by atoms with Crippen LogP contribution >= 0.6 is 11.3 Å². The number of hydrogen-bond donors (Lipinski definition) is 2. The maximum Gasteiger partial charge on any atom is 0.349 e. The molecule has 2 N–H and O–H groups in total. The molecule has 0 aliphatic heterocycles. The minimum Gasteiger partial charge on any atom is -0.448 e. The number of carbonyl (C=O) groups excluding carboxylic acids is 3. The first kappa shape index (κ1) is 17.9. The average molecular weight is 364 g/mol. The molecule has 6 nitrogen and oxygen atoms in total. The Balaban J connectivity index is 1.49. The van der Waals surface area contributed by atoms with Crippen molar-refractivity contribution in [3.8, 4) is 0 Å². The summed E-state index contributed by atoms with van der Waals surface area (Å²) in [4.78, 5) is 37.9. The molecular formula is C18H24N2O4S. The third-order valence-electron chi connectivity index (χ3n) is 4.78. The highest BCUT2D eigenvalue weighted by molar-refractivity contribution is 7.14. The molecule has 0 saturated heterocycles. The Kier molecular flexibility index (Phi) is 5.73. The smallest absolute Gasteiger partial charge is 0.349 e. The zero-order valence-corrected chi connectivity index (χ0v) is 15.2. The molecule has 0 radical (unpaired) electrons. The lowest BCUT2D eigenvalue weighted by Crippen LogP contribution is -2.47. The van der Waals surface area contributed by atoms with Crippen LogP contribution in [0.5, 0.6) is 0 Å². The molecular weight excluding hydrogens is 340 g/mol. The molecule has 0 bridgehead atoms. The topological polar surface area (TPSA) is 84.5 Å². The van der Waals surface area contributed by atoms with E-state index in [0.29, 0.717) is 4.88 Å². The molecule has 1 fully saturated rings. The Labute approximate surface area is 151 Å². The van der Waals surface area contributed by atoms with Crippen LogP contribution in [-0.2, 0) is 22.4 Å². The first-order chi connectivity index (χ1) is 12.0. The van der Waals surface area contributed by atoms with Gasteiger partial charge in [0.05, 0.1) is 0 Å². The van der Waals surface area contributed by atoms with Crippen LogP contribution in [0.4, 0.5) is 4.79 Å². The number of fused-ring (bicyclic) bond motifs is 1. The average Bonchev–Trinajstić information content (AvgIpc) is 3.23. The zero-order valence-electron chi connectivity index (χ0n) is 14.4. The second-order valence-electron chi connectivity index (χ2n) is 6.76. The van der Waals surface area contributed by atoms with Gasteiger partial charge in [0.2, 0.25) is 0 Å². The van der Waals surface area contributed by atoms with Crippen LogP contribution in [0.2, 0.25) is 0 Å². The number of aryl methyl sites for hydroxylation is 2. The van der Waals surface area contributed by atoms with Gasteiger partial charge in [-0.15, -0.1) is 11.3 Å². The van der Waals surface area contributed by atoms with Gasteiger partial charge in [-0.25, -0.2) is 9.59 Å². The van der Waals surface area contributed by atoms with Gasteiger partial charge < -0.3 is 10.1 Å². The van der Waals surface area contributed by atoms with Crippen molar-refractivity contribution >= 4 is 29.2 Å². The maximum atomic E-state index is 12.2. The summed E-state index contributed by atoms with van der Waals surface area (Å²) in [5.41, 5.74) is 1.22. The molecule has 0 spiro atoms. The summed E-state index contributed by atoms with van der Waals surface area (Å²) in [6, 6.07) is 1.48. The maximum absolute atomic E-state index is 12.2. The lowest BCUT2D eigenvalue weighted by Gasteiger charge is -2.15. The van der Waals surface area contributed by atoms with Gasteiger partial charge in [-0.3, -0.25) is 10.1 Å². The van der Waals surface area contributed by atoms with Gasteiger partial charge in [0, 0.05) is 10.9 Å². The standard InChI is InChI=1S/C18H24N2O4S/c1-11(16(21)20-18(23)19-13-7-3-4-8-13)24-17(22)15-10-12-6-2-5-9-14(12)25-15/h10-11,13H,2-9H2,1H3,(H2,19,20,21,23)/t11-/m1/s1. The molecule has 0 aromatic carbocycles. The zero-order chi connectivity index (χ0) is 17.8. The third-order valence-corrected chi connectivity index (χ3v) is 6.00. The summed E-state index contributed by atoms with van der Waals surface area (Å²) < 4.78 is 5.23. The van der Waals surface area contributed by atoms with Crippen LogP contribution in [0.15, 0.2) is 6.07 Å². The van der Waals surface area contributed by atoms with Crippen LogP contribution in [0.1, 0.15) is 65.6 Å². The number of imide groups is 1. The van der Waals surface area contributed by atoms with E-state index in [9.17, 15) is 14.4 Å². The Morgan fingerprint density at radius 2 is 1.88 bits per heavy atom. The second kappa shape index (κ2) is 7.99. The fourth-order valence-corrected chi connectivity index (χ4v) is 4.51. The van der Waals surface area contributed by atoms with Crippen LogP contribution < -0.4 is 10.6 Å². The van der Waals surface area contributed by atoms with Gasteiger partial charge >= 0.3 is 12.0 Å². The van der Waals surface area contributed by atoms with E-state index in [1.54, 1.807) is 0 Å². The Bertz CT molecular complexity index is 641. The number of rotatable bonds is 4. The molecule has 3 amide bonds. The molecule has 1 saturated carbocycles. The summed E-state index contributed by atoms with van der Waals surface area (Å²) in [7, 11) is 0. The molecule has 136 valence electrons. The summed E-state index contributed by atoms with van der Waals surface area (Å²) in [5.74, 6) is -1.11. The van der Waals surface area contributed by atoms with Gasteiger partial charge in [0.25, 0.3) is 5.91 Å². The summed E-state index contributed by atoms with van der Waals surface area (Å²) >= 11 is 1.45. The third kappa shape index (κ3) is 4.60. The lowest BCUT2D eigenvalue weighted by molar-refractivity contribution is -0.127. The van der Waals surface area contributed by atoms with E-state index in [2.05, 4.69) is 10.6 Å². The lowest BCUT2D eigenvalue weighted by atomic mass is 9.99. The molecule has 2 aliphatic carbocycles. The molecule has 0 unspecified atom stereocenters. The van der Waals surface area contributed by atoms with Gasteiger partial charge in [0.1, 0.15) is 4.88 Å². The van der Waals surface area contributed by atoms with Crippen molar-refractivity contribution in [1.82, 2.24) is 10.6 Å². The van der Waals surface area contributed by atoms with Crippen molar-refractivity contribution < 1.29 is 19.1 Å². The summed E-state index contributed by atoms with van der Waals surface area (Å²) in [5, 5.41) is 5.02. The molecule has 3 rings (SSSR count). The highest BCUT2D eigenvalue weighted by atomic mass is 32.1. The molecule has 2 aliphatic rings. The molecule has 1 heterocycles. The van der Waals surface area contributed by atoms with Crippen molar-refractivity contribution in [2.24, 2.45) is 0 Å². The van der Waals surface area contributed by atoms with Crippen LogP contribution in [0.3, 0.4) is 0 Å². The highest BCUT2D eigenvalue weighted by Gasteiger charge is 2.25. The highest BCUT2D eigenvalue weighted by Crippen LogP contribution is 2.30. The predicted molar refractivity (Wildman–Crippen MR) is 94.8 cm³/mol. The number of ether oxygens (including phenoxy) is 1. The van der Waals surface area contributed by atoms with Crippen molar-refractivity contribution in [3.63, 3.8) is 0 Å². The Morgan fingerprint density at radius 1 is 1.16 bits per heavy atom. The van der Waals surface area contributed by atoms with Gasteiger partial charge in [0.15, 0.2) is 6.10 Å². The predicted octanol–water partition coefficient (Wildman–Crippen LogP) is 2.94. The van der Waals surface area contributed by atoms with Crippen LogP contribution in [-0.4, -0.2) is 30.1 Å². The van der Waals surface area contributed by atoms with Crippen LogP contribution in [0, 0.1) is 0 Å². The van der Waals surface area contributed by atoms with Gasteiger partial charge in [-0.1, -0.05) is 12.8 Å². The van der Waals surface area contributed by atoms with Crippen molar-refractivity contribution in [1.29, 1.82) is 0 Å². The van der Waals surface area contributed by atoms with Gasteiger partial charge in [-0.2, -0.15) is 0 Å². The van der Waals surface area contributed by atoms with Crippen molar-refractivity contribution in [2.75, 3.05) is 0 Å².